The van der Waals surface area contributed by atoms with Gasteiger partial charge in [-0.2, -0.15) is 0 Å². The Morgan fingerprint density at radius 3 is 2.89 bits per heavy atom. The Hall–Kier alpha value is -0.870. The molecule has 0 radical (unpaired) electrons. The van der Waals surface area contributed by atoms with Gasteiger partial charge in [0.2, 0.25) is 5.91 Å². The summed E-state index contributed by atoms with van der Waals surface area (Å²) in [5.74, 6) is 0.158. The first-order valence-electron chi connectivity index (χ1n) is 6.40. The summed E-state index contributed by atoms with van der Waals surface area (Å²) in [7, 11) is 0. The summed E-state index contributed by atoms with van der Waals surface area (Å²) in [5.41, 5.74) is 2.16. The number of benzene rings is 1. The van der Waals surface area contributed by atoms with Gasteiger partial charge < -0.3 is 10.2 Å². The molecule has 1 amide bonds. The van der Waals surface area contributed by atoms with Crippen molar-refractivity contribution in [3.63, 3.8) is 0 Å². The fraction of sp³-hybridized carbons (Fsp3) is 0.500. The van der Waals surface area contributed by atoms with E-state index in [9.17, 15) is 4.79 Å². The number of amides is 1. The fourth-order valence-electron chi connectivity index (χ4n) is 2.15. The van der Waals surface area contributed by atoms with E-state index in [1.165, 1.54) is 5.56 Å². The van der Waals surface area contributed by atoms with E-state index in [0.717, 1.165) is 36.1 Å². The van der Waals surface area contributed by atoms with Crippen LogP contribution < -0.4 is 10.2 Å². The molecule has 0 aliphatic carbocycles. The SMILES string of the molecule is Cc1ccc(N2CCCCNC(C)C2=O)cc1Br. The maximum Gasteiger partial charge on any atom is 0.243 e. The molecule has 1 unspecified atom stereocenters. The van der Waals surface area contributed by atoms with Crippen molar-refractivity contribution in [2.75, 3.05) is 18.0 Å². The molecule has 0 spiro atoms. The average molecular weight is 311 g/mol. The topological polar surface area (TPSA) is 32.3 Å². The van der Waals surface area contributed by atoms with Crippen LogP contribution in [-0.2, 0) is 4.79 Å². The van der Waals surface area contributed by atoms with Crippen LogP contribution in [0.3, 0.4) is 0 Å². The lowest BCUT2D eigenvalue weighted by Crippen LogP contribution is -2.47. The van der Waals surface area contributed by atoms with Crippen molar-refractivity contribution in [1.29, 1.82) is 0 Å². The van der Waals surface area contributed by atoms with Gasteiger partial charge in [-0.3, -0.25) is 4.79 Å². The Morgan fingerprint density at radius 2 is 2.17 bits per heavy atom. The summed E-state index contributed by atoms with van der Waals surface area (Å²) >= 11 is 3.53. The zero-order valence-electron chi connectivity index (χ0n) is 10.9. The van der Waals surface area contributed by atoms with Crippen LogP contribution in [0.2, 0.25) is 0 Å². The van der Waals surface area contributed by atoms with Gasteiger partial charge in [-0.05, 0) is 50.9 Å². The summed E-state index contributed by atoms with van der Waals surface area (Å²) in [6.07, 6.45) is 2.15. The molecular formula is C14H19BrN2O. The predicted molar refractivity (Wildman–Crippen MR) is 77.9 cm³/mol. The lowest BCUT2D eigenvalue weighted by Gasteiger charge is -2.29. The number of aryl methyl sites for hydroxylation is 1. The maximum absolute atomic E-state index is 12.3. The van der Waals surface area contributed by atoms with E-state index in [0.29, 0.717) is 0 Å². The molecule has 1 aliphatic heterocycles. The van der Waals surface area contributed by atoms with E-state index < -0.39 is 0 Å². The molecule has 0 bridgehead atoms. The highest BCUT2D eigenvalue weighted by molar-refractivity contribution is 9.10. The Kier molecular flexibility index (Phi) is 4.40. The second-order valence-corrected chi connectivity index (χ2v) is 5.66. The first-order chi connectivity index (χ1) is 8.59. The van der Waals surface area contributed by atoms with Gasteiger partial charge in [0.1, 0.15) is 0 Å². The number of hydrogen-bond donors (Lipinski definition) is 1. The first kappa shape index (κ1) is 13.6. The molecule has 18 heavy (non-hydrogen) atoms. The molecule has 1 atom stereocenters. The smallest absolute Gasteiger partial charge is 0.243 e. The van der Waals surface area contributed by atoms with E-state index in [-0.39, 0.29) is 11.9 Å². The van der Waals surface area contributed by atoms with Crippen LogP contribution in [0.4, 0.5) is 5.69 Å². The molecule has 1 heterocycles. The van der Waals surface area contributed by atoms with Gasteiger partial charge in [0.25, 0.3) is 0 Å². The Morgan fingerprint density at radius 1 is 1.39 bits per heavy atom. The summed E-state index contributed by atoms with van der Waals surface area (Å²) in [4.78, 5) is 14.2. The number of anilines is 1. The maximum atomic E-state index is 12.3. The van der Waals surface area contributed by atoms with E-state index in [1.807, 2.05) is 36.9 Å². The number of halogens is 1. The minimum Gasteiger partial charge on any atom is -0.311 e. The van der Waals surface area contributed by atoms with Crippen molar-refractivity contribution < 1.29 is 4.79 Å². The molecule has 4 heteroatoms. The molecule has 1 aliphatic rings. The van der Waals surface area contributed by atoms with Gasteiger partial charge in [0, 0.05) is 16.7 Å². The van der Waals surface area contributed by atoms with Gasteiger partial charge in [-0.15, -0.1) is 0 Å². The second kappa shape index (κ2) is 5.85. The van der Waals surface area contributed by atoms with Crippen molar-refractivity contribution in [3.8, 4) is 0 Å². The van der Waals surface area contributed by atoms with Gasteiger partial charge >= 0.3 is 0 Å². The number of carbonyl (C=O) groups is 1. The quantitative estimate of drug-likeness (QED) is 0.865. The van der Waals surface area contributed by atoms with Crippen LogP contribution in [0.5, 0.6) is 0 Å². The molecule has 0 aromatic heterocycles. The van der Waals surface area contributed by atoms with Gasteiger partial charge in [-0.25, -0.2) is 0 Å². The van der Waals surface area contributed by atoms with Crippen molar-refractivity contribution in [2.24, 2.45) is 0 Å². The van der Waals surface area contributed by atoms with Gasteiger partial charge in [0.15, 0.2) is 0 Å². The molecule has 98 valence electrons. The summed E-state index contributed by atoms with van der Waals surface area (Å²) in [5, 5.41) is 3.26. The Labute approximate surface area is 117 Å². The number of nitrogens with one attached hydrogen (secondary N) is 1. The van der Waals surface area contributed by atoms with Crippen molar-refractivity contribution in [3.05, 3.63) is 28.2 Å². The van der Waals surface area contributed by atoms with Gasteiger partial charge in [0.05, 0.1) is 6.04 Å². The third-order valence-corrected chi connectivity index (χ3v) is 4.22. The number of carbonyl (C=O) groups excluding carboxylic acids is 1. The lowest BCUT2D eigenvalue weighted by molar-refractivity contribution is -0.120. The largest absolute Gasteiger partial charge is 0.311 e. The third-order valence-electron chi connectivity index (χ3n) is 3.36. The van der Waals surface area contributed by atoms with Crippen LogP contribution in [-0.4, -0.2) is 25.0 Å². The highest BCUT2D eigenvalue weighted by Gasteiger charge is 2.23. The van der Waals surface area contributed by atoms with Crippen LogP contribution >= 0.6 is 15.9 Å². The molecule has 2 rings (SSSR count). The Balaban J connectivity index is 2.27. The van der Waals surface area contributed by atoms with Crippen LogP contribution in [0.1, 0.15) is 25.3 Å². The molecule has 3 nitrogen and oxygen atoms in total. The van der Waals surface area contributed by atoms with Crippen molar-refractivity contribution in [2.45, 2.75) is 32.7 Å². The second-order valence-electron chi connectivity index (χ2n) is 4.81. The number of nitrogens with zero attached hydrogens (tertiary/aromatic N) is 1. The number of rotatable bonds is 1. The highest BCUT2D eigenvalue weighted by atomic mass is 79.9. The van der Waals surface area contributed by atoms with Crippen LogP contribution in [0.25, 0.3) is 0 Å². The average Bonchev–Trinajstić information content (AvgIpc) is 2.34. The normalized spacial score (nSPS) is 21.6. The van der Waals surface area contributed by atoms with E-state index in [4.69, 9.17) is 0 Å². The molecule has 1 saturated heterocycles. The standard InChI is InChI=1S/C14H19BrN2O/c1-10-5-6-12(9-13(10)15)17-8-4-3-7-16-11(2)14(17)18/h5-6,9,11,16H,3-4,7-8H2,1-2H3. The molecular weight excluding hydrogens is 292 g/mol. The molecule has 0 saturated carbocycles. The van der Waals surface area contributed by atoms with E-state index in [1.54, 1.807) is 0 Å². The minimum atomic E-state index is -0.106. The first-order valence-corrected chi connectivity index (χ1v) is 7.20. The summed E-state index contributed by atoms with van der Waals surface area (Å²) < 4.78 is 1.05. The highest BCUT2D eigenvalue weighted by Crippen LogP contribution is 2.25. The lowest BCUT2D eigenvalue weighted by atomic mass is 10.1. The summed E-state index contributed by atoms with van der Waals surface area (Å²) in [6.45, 7) is 5.72. The fourth-order valence-corrected chi connectivity index (χ4v) is 2.52. The third kappa shape index (κ3) is 2.93. The van der Waals surface area contributed by atoms with Crippen LogP contribution in [0.15, 0.2) is 22.7 Å². The monoisotopic (exact) mass is 310 g/mol. The molecule has 1 fully saturated rings. The van der Waals surface area contributed by atoms with Crippen molar-refractivity contribution >= 4 is 27.5 Å². The Bertz CT molecular complexity index is 447. The minimum absolute atomic E-state index is 0.106. The van der Waals surface area contributed by atoms with Crippen LogP contribution in [0, 0.1) is 6.92 Å². The zero-order valence-corrected chi connectivity index (χ0v) is 12.5. The number of hydrogen-bond acceptors (Lipinski definition) is 2. The molecule has 1 aromatic rings. The molecule has 1 N–H and O–H groups in total. The van der Waals surface area contributed by atoms with E-state index in [2.05, 4.69) is 21.2 Å². The predicted octanol–water partition coefficient (Wildman–Crippen LogP) is 2.86. The van der Waals surface area contributed by atoms with E-state index >= 15 is 0 Å². The van der Waals surface area contributed by atoms with Crippen molar-refractivity contribution in [1.82, 2.24) is 5.32 Å². The molecule has 1 aromatic carbocycles. The summed E-state index contributed by atoms with van der Waals surface area (Å²) in [6, 6.07) is 5.99. The zero-order chi connectivity index (χ0) is 13.1. The van der Waals surface area contributed by atoms with Gasteiger partial charge in [-0.1, -0.05) is 22.0 Å².